The van der Waals surface area contributed by atoms with Crippen LogP contribution in [-0.2, 0) is 4.79 Å². The van der Waals surface area contributed by atoms with Gasteiger partial charge in [-0.05, 0) is 31.5 Å². The van der Waals surface area contributed by atoms with Crippen molar-refractivity contribution >= 4 is 32.6 Å². The van der Waals surface area contributed by atoms with Gasteiger partial charge in [0.1, 0.15) is 5.75 Å². The third kappa shape index (κ3) is 3.55. The number of aliphatic hydroxyl groups is 1. The number of β-amino-alcohol motifs (C(OH)–C–C–N with tert-alkyl or cyclic N) is 1. The van der Waals surface area contributed by atoms with Gasteiger partial charge in [0.15, 0.2) is 5.13 Å². The largest absolute Gasteiger partial charge is 0.494 e. The third-order valence-corrected chi connectivity index (χ3v) is 4.47. The number of nitrogens with one attached hydrogen (secondary N) is 1. The van der Waals surface area contributed by atoms with Crippen LogP contribution in [0.1, 0.15) is 13.3 Å². The first-order valence-corrected chi connectivity index (χ1v) is 8.19. The van der Waals surface area contributed by atoms with E-state index < -0.39 is 0 Å². The van der Waals surface area contributed by atoms with Crippen LogP contribution in [0.4, 0.5) is 5.13 Å². The number of carbonyl (C=O) groups is 1. The van der Waals surface area contributed by atoms with Crippen LogP contribution < -0.4 is 10.1 Å². The summed E-state index contributed by atoms with van der Waals surface area (Å²) in [5, 5.41) is 12.9. The molecule has 118 valence electrons. The molecule has 2 N–H and O–H groups in total. The topological polar surface area (TPSA) is 74.7 Å². The molecular formula is C15H19N3O3S. The summed E-state index contributed by atoms with van der Waals surface area (Å²) in [5.74, 6) is 0.709. The molecule has 1 aromatic heterocycles. The Morgan fingerprint density at radius 1 is 1.59 bits per heavy atom. The highest BCUT2D eigenvalue weighted by atomic mass is 32.1. The molecule has 0 bridgehead atoms. The van der Waals surface area contributed by atoms with Crippen molar-refractivity contribution in [2.24, 2.45) is 0 Å². The highest BCUT2D eigenvalue weighted by Crippen LogP contribution is 2.29. The molecule has 2 aromatic rings. The maximum atomic E-state index is 12.0. The van der Waals surface area contributed by atoms with Crippen molar-refractivity contribution in [3.05, 3.63) is 18.2 Å². The number of aromatic nitrogens is 1. The van der Waals surface area contributed by atoms with E-state index in [-0.39, 0.29) is 18.6 Å². The number of hydrogen-bond acceptors (Lipinski definition) is 6. The predicted molar refractivity (Wildman–Crippen MR) is 86.5 cm³/mol. The Labute approximate surface area is 132 Å². The second-order valence-corrected chi connectivity index (χ2v) is 6.34. The van der Waals surface area contributed by atoms with E-state index in [0.29, 0.717) is 18.3 Å². The standard InChI is InChI=1S/C15H19N3O3S/c1-2-21-11-3-4-12-13(7-11)22-15(16-12)17-14(20)9-18-6-5-10(19)8-18/h3-4,7,10,19H,2,5-6,8-9H2,1H3,(H,16,17,20)/t10-/m0/s1. The number of amides is 1. The maximum Gasteiger partial charge on any atom is 0.240 e. The van der Waals surface area contributed by atoms with E-state index in [1.807, 2.05) is 30.0 Å². The lowest BCUT2D eigenvalue weighted by Crippen LogP contribution is -2.32. The Morgan fingerprint density at radius 3 is 3.18 bits per heavy atom. The number of benzene rings is 1. The minimum absolute atomic E-state index is 0.0989. The second kappa shape index (κ2) is 6.60. The SMILES string of the molecule is CCOc1ccc2nc(NC(=O)CN3CC[C@H](O)C3)sc2c1. The summed E-state index contributed by atoms with van der Waals surface area (Å²) in [6.45, 7) is 4.17. The van der Waals surface area contributed by atoms with Crippen LogP contribution in [-0.4, -0.2) is 53.2 Å². The van der Waals surface area contributed by atoms with Crippen molar-refractivity contribution in [1.29, 1.82) is 0 Å². The summed E-state index contributed by atoms with van der Waals surface area (Å²) in [6.07, 6.45) is 0.418. The lowest BCUT2D eigenvalue weighted by atomic mass is 10.3. The van der Waals surface area contributed by atoms with Gasteiger partial charge in [-0.3, -0.25) is 9.69 Å². The number of nitrogens with zero attached hydrogens (tertiary/aromatic N) is 2. The molecule has 0 saturated carbocycles. The molecule has 1 aliphatic rings. The molecule has 0 spiro atoms. The van der Waals surface area contributed by atoms with Gasteiger partial charge < -0.3 is 15.2 Å². The number of hydrogen-bond donors (Lipinski definition) is 2. The Morgan fingerprint density at radius 2 is 2.45 bits per heavy atom. The number of rotatable bonds is 5. The highest BCUT2D eigenvalue weighted by molar-refractivity contribution is 7.22. The number of ether oxygens (including phenoxy) is 1. The molecule has 0 unspecified atom stereocenters. The first-order valence-electron chi connectivity index (χ1n) is 7.37. The van der Waals surface area contributed by atoms with E-state index in [1.54, 1.807) is 0 Å². The van der Waals surface area contributed by atoms with Gasteiger partial charge in [0.05, 0.1) is 29.5 Å². The van der Waals surface area contributed by atoms with Crippen molar-refractivity contribution in [3.8, 4) is 5.75 Å². The summed E-state index contributed by atoms with van der Waals surface area (Å²) in [5.41, 5.74) is 0.848. The molecule has 0 radical (unpaired) electrons. The van der Waals surface area contributed by atoms with Gasteiger partial charge in [-0.2, -0.15) is 0 Å². The summed E-state index contributed by atoms with van der Waals surface area (Å²) >= 11 is 1.43. The minimum atomic E-state index is -0.313. The van der Waals surface area contributed by atoms with Gasteiger partial charge in [0, 0.05) is 13.1 Å². The fourth-order valence-electron chi connectivity index (χ4n) is 2.53. The maximum absolute atomic E-state index is 12.0. The van der Waals surface area contributed by atoms with E-state index in [4.69, 9.17) is 4.74 Å². The average Bonchev–Trinajstić information content (AvgIpc) is 3.04. The van der Waals surface area contributed by atoms with Gasteiger partial charge >= 0.3 is 0 Å². The fourth-order valence-corrected chi connectivity index (χ4v) is 3.44. The van der Waals surface area contributed by atoms with Gasteiger partial charge in [-0.15, -0.1) is 0 Å². The number of thiazole rings is 1. The van der Waals surface area contributed by atoms with Crippen LogP contribution in [0.2, 0.25) is 0 Å². The molecule has 0 aliphatic carbocycles. The molecule has 1 atom stereocenters. The predicted octanol–water partition coefficient (Wildman–Crippen LogP) is 1.70. The van der Waals surface area contributed by atoms with Crippen LogP contribution in [0.15, 0.2) is 18.2 Å². The van der Waals surface area contributed by atoms with Crippen LogP contribution in [0.3, 0.4) is 0 Å². The molecule has 7 heteroatoms. The molecule has 1 aromatic carbocycles. The monoisotopic (exact) mass is 321 g/mol. The summed E-state index contributed by atoms with van der Waals surface area (Å²) in [7, 11) is 0. The normalized spacial score (nSPS) is 18.7. The summed E-state index contributed by atoms with van der Waals surface area (Å²) in [4.78, 5) is 18.4. The Balaban J connectivity index is 1.64. The molecule has 22 heavy (non-hydrogen) atoms. The van der Waals surface area contributed by atoms with Crippen molar-refractivity contribution in [1.82, 2.24) is 9.88 Å². The van der Waals surface area contributed by atoms with Crippen molar-refractivity contribution in [3.63, 3.8) is 0 Å². The second-order valence-electron chi connectivity index (χ2n) is 5.31. The molecule has 2 heterocycles. The third-order valence-electron chi connectivity index (χ3n) is 3.53. The Kier molecular flexibility index (Phi) is 4.56. The van der Waals surface area contributed by atoms with Gasteiger partial charge in [0.25, 0.3) is 0 Å². The smallest absolute Gasteiger partial charge is 0.240 e. The number of likely N-dealkylation sites (tertiary alicyclic amines) is 1. The molecule has 1 aliphatic heterocycles. The Bertz CT molecular complexity index is 673. The average molecular weight is 321 g/mol. The first-order chi connectivity index (χ1) is 10.6. The van der Waals surface area contributed by atoms with Crippen molar-refractivity contribution in [2.45, 2.75) is 19.4 Å². The van der Waals surface area contributed by atoms with Crippen LogP contribution in [0.25, 0.3) is 10.2 Å². The van der Waals surface area contributed by atoms with Crippen molar-refractivity contribution < 1.29 is 14.6 Å². The molecule has 1 fully saturated rings. The zero-order chi connectivity index (χ0) is 15.5. The number of aliphatic hydroxyl groups excluding tert-OH is 1. The van der Waals surface area contributed by atoms with E-state index >= 15 is 0 Å². The molecule has 1 amide bonds. The molecule has 6 nitrogen and oxygen atoms in total. The Hall–Kier alpha value is -1.70. The van der Waals surface area contributed by atoms with Gasteiger partial charge in [0.2, 0.25) is 5.91 Å². The molecule has 1 saturated heterocycles. The lowest BCUT2D eigenvalue weighted by Gasteiger charge is -2.13. The molecular weight excluding hydrogens is 302 g/mol. The molecule has 3 rings (SSSR count). The van der Waals surface area contributed by atoms with E-state index in [2.05, 4.69) is 10.3 Å². The highest BCUT2D eigenvalue weighted by Gasteiger charge is 2.22. The van der Waals surface area contributed by atoms with E-state index in [1.165, 1.54) is 11.3 Å². The lowest BCUT2D eigenvalue weighted by molar-refractivity contribution is -0.117. The van der Waals surface area contributed by atoms with Gasteiger partial charge in [-0.25, -0.2) is 4.98 Å². The van der Waals surface area contributed by atoms with Crippen LogP contribution in [0.5, 0.6) is 5.75 Å². The zero-order valence-corrected chi connectivity index (χ0v) is 13.2. The minimum Gasteiger partial charge on any atom is -0.494 e. The number of anilines is 1. The fraction of sp³-hybridized carbons (Fsp3) is 0.467. The van der Waals surface area contributed by atoms with Crippen LogP contribution >= 0.6 is 11.3 Å². The summed E-state index contributed by atoms with van der Waals surface area (Å²) in [6, 6.07) is 5.70. The summed E-state index contributed by atoms with van der Waals surface area (Å²) < 4.78 is 6.45. The van der Waals surface area contributed by atoms with E-state index in [9.17, 15) is 9.90 Å². The zero-order valence-electron chi connectivity index (χ0n) is 12.4. The van der Waals surface area contributed by atoms with E-state index in [0.717, 1.165) is 28.9 Å². The quantitative estimate of drug-likeness (QED) is 0.877. The van der Waals surface area contributed by atoms with Gasteiger partial charge in [-0.1, -0.05) is 11.3 Å². The number of carbonyl (C=O) groups excluding carboxylic acids is 1. The number of fused-ring (bicyclic) bond motifs is 1. The van der Waals surface area contributed by atoms with Crippen molar-refractivity contribution in [2.75, 3.05) is 31.6 Å². The first kappa shape index (κ1) is 15.2. The van der Waals surface area contributed by atoms with Crippen LogP contribution in [0, 0.1) is 0 Å².